The molecule has 216 valence electrons. The molecule has 0 aliphatic heterocycles. The highest BCUT2D eigenvalue weighted by Crippen LogP contribution is 2.38. The van der Waals surface area contributed by atoms with Gasteiger partial charge in [-0.25, -0.2) is 0 Å². The first-order chi connectivity index (χ1) is 18.3. The molecule has 1 fully saturated rings. The van der Waals surface area contributed by atoms with E-state index < -0.39 is 0 Å². The number of hydrogen-bond donors (Lipinski definition) is 3. The lowest BCUT2D eigenvalue weighted by atomic mass is 9.68. The third-order valence-corrected chi connectivity index (χ3v) is 7.81. The topological polar surface area (TPSA) is 107 Å². The summed E-state index contributed by atoms with van der Waals surface area (Å²) < 4.78 is 1.19. The Bertz CT molecular complexity index is 1290. The van der Waals surface area contributed by atoms with Crippen LogP contribution in [-0.4, -0.2) is 39.8 Å². The van der Waals surface area contributed by atoms with E-state index in [9.17, 15) is 19.5 Å². The highest BCUT2D eigenvalue weighted by atomic mass is 32.1. The Kier molecular flexibility index (Phi) is 13.8. The molecule has 1 amide bonds. The molecule has 1 aliphatic carbocycles. The van der Waals surface area contributed by atoms with Crippen LogP contribution in [-0.2, 0) is 13.6 Å². The van der Waals surface area contributed by atoms with Gasteiger partial charge in [-0.3, -0.25) is 24.2 Å². The normalized spacial score (nSPS) is 17.1. The molecule has 1 saturated carbocycles. The number of anilines is 1. The molecule has 1 aliphatic rings. The highest BCUT2D eigenvalue weighted by Gasteiger charge is 2.29. The summed E-state index contributed by atoms with van der Waals surface area (Å²) in [4.78, 5) is 37.4. The molecule has 0 saturated heterocycles. The van der Waals surface area contributed by atoms with Gasteiger partial charge < -0.3 is 15.3 Å². The lowest BCUT2D eigenvalue weighted by Gasteiger charge is -2.38. The van der Waals surface area contributed by atoms with Gasteiger partial charge in [0.25, 0.3) is 17.0 Å². The number of carbonyl (C=O) groups excluding carboxylic acids is 1. The van der Waals surface area contributed by atoms with E-state index in [-0.39, 0.29) is 22.8 Å². The van der Waals surface area contributed by atoms with E-state index in [2.05, 4.69) is 31.2 Å². The molecular formula is C30H46N4O4S. The molecule has 0 radical (unpaired) electrons. The zero-order chi connectivity index (χ0) is 29.9. The number of aryl methyl sites for hydroxylation is 2. The molecular weight excluding hydrogens is 512 g/mol. The van der Waals surface area contributed by atoms with Crippen molar-refractivity contribution in [2.45, 2.75) is 61.4 Å². The monoisotopic (exact) mass is 558 g/mol. The van der Waals surface area contributed by atoms with Crippen molar-refractivity contribution in [1.29, 1.82) is 0 Å². The minimum Gasteiger partial charge on any atom is -0.507 e. The number of rotatable bonds is 4. The van der Waals surface area contributed by atoms with Crippen LogP contribution >= 0.6 is 11.3 Å². The van der Waals surface area contributed by atoms with Crippen LogP contribution in [0.1, 0.15) is 67.4 Å². The Morgan fingerprint density at radius 2 is 1.72 bits per heavy atom. The molecule has 2 atom stereocenters. The molecule has 0 bridgehead atoms. The summed E-state index contributed by atoms with van der Waals surface area (Å²) in [6.07, 6.45) is 1.46. The van der Waals surface area contributed by atoms with Crippen LogP contribution in [0.2, 0.25) is 0 Å². The Hall–Kier alpha value is -3.33. The van der Waals surface area contributed by atoms with Gasteiger partial charge in [0, 0.05) is 38.1 Å². The van der Waals surface area contributed by atoms with Crippen molar-refractivity contribution in [2.24, 2.45) is 24.8 Å². The summed E-state index contributed by atoms with van der Waals surface area (Å²) >= 11 is 1.60. The lowest BCUT2D eigenvalue weighted by Crippen LogP contribution is -2.31. The molecule has 3 aromatic rings. The average molecular weight is 559 g/mol. The molecule has 2 aromatic heterocycles. The van der Waals surface area contributed by atoms with E-state index in [4.69, 9.17) is 0 Å². The minimum atomic E-state index is -0.277. The van der Waals surface area contributed by atoms with Crippen molar-refractivity contribution in [3.8, 4) is 5.75 Å². The number of aromatic nitrogens is 2. The Labute approximate surface area is 236 Å². The number of carbonyl (C=O) groups is 1. The number of H-pyrrole nitrogens is 1. The summed E-state index contributed by atoms with van der Waals surface area (Å²) in [5.41, 5.74) is 1.38. The van der Waals surface area contributed by atoms with Gasteiger partial charge in [-0.1, -0.05) is 52.8 Å². The first-order valence-electron chi connectivity index (χ1n) is 13.4. The zero-order valence-corrected chi connectivity index (χ0v) is 25.9. The maximum Gasteiger partial charge on any atom is 0.286 e. The van der Waals surface area contributed by atoms with Gasteiger partial charge in [-0.2, -0.15) is 0 Å². The van der Waals surface area contributed by atoms with Gasteiger partial charge >= 0.3 is 0 Å². The first-order valence-corrected chi connectivity index (χ1v) is 14.3. The first kappa shape index (κ1) is 33.7. The fourth-order valence-electron chi connectivity index (χ4n) is 4.04. The summed E-state index contributed by atoms with van der Waals surface area (Å²) in [7, 11) is 4.84. The van der Waals surface area contributed by atoms with Crippen LogP contribution in [0.25, 0.3) is 0 Å². The van der Waals surface area contributed by atoms with Crippen LogP contribution in [0.15, 0.2) is 45.3 Å². The van der Waals surface area contributed by atoms with Crippen molar-refractivity contribution in [3.05, 3.63) is 78.0 Å². The van der Waals surface area contributed by atoms with Crippen molar-refractivity contribution < 1.29 is 9.90 Å². The fourth-order valence-corrected chi connectivity index (χ4v) is 4.69. The van der Waals surface area contributed by atoms with Gasteiger partial charge in [-0.05, 0) is 61.1 Å². The van der Waals surface area contributed by atoms with Gasteiger partial charge in [0.2, 0.25) is 0 Å². The summed E-state index contributed by atoms with van der Waals surface area (Å²) in [6, 6.07) is 9.06. The second-order valence-corrected chi connectivity index (χ2v) is 11.0. The smallest absolute Gasteiger partial charge is 0.286 e. The van der Waals surface area contributed by atoms with Crippen molar-refractivity contribution >= 4 is 22.9 Å². The number of aromatic amines is 1. The predicted molar refractivity (Wildman–Crippen MR) is 163 cm³/mol. The molecule has 0 spiro atoms. The van der Waals surface area contributed by atoms with Crippen LogP contribution in [0, 0.1) is 31.6 Å². The van der Waals surface area contributed by atoms with Crippen LogP contribution in [0.5, 0.6) is 5.75 Å². The van der Waals surface area contributed by atoms with E-state index in [0.29, 0.717) is 28.9 Å². The van der Waals surface area contributed by atoms with Gasteiger partial charge in [0.15, 0.2) is 0 Å². The third-order valence-electron chi connectivity index (χ3n) is 6.93. The average Bonchev–Trinajstić information content (AvgIpc) is 3.44. The molecule has 39 heavy (non-hydrogen) atoms. The lowest BCUT2D eigenvalue weighted by molar-refractivity contribution is 0.0824. The molecule has 8 nitrogen and oxygen atoms in total. The van der Waals surface area contributed by atoms with Gasteiger partial charge in [0.1, 0.15) is 11.4 Å². The van der Waals surface area contributed by atoms with Crippen LogP contribution in [0.3, 0.4) is 0 Å². The minimum absolute atomic E-state index is 0.0706. The second kappa shape index (κ2) is 15.9. The molecule has 1 aromatic carbocycles. The summed E-state index contributed by atoms with van der Waals surface area (Å²) in [5.74, 6) is 2.91. The quantitative estimate of drug-likeness (QED) is 0.376. The highest BCUT2D eigenvalue weighted by molar-refractivity contribution is 7.09. The number of benzene rings is 1. The Morgan fingerprint density at radius 1 is 1.10 bits per heavy atom. The number of hydrogen-bond acceptors (Lipinski definition) is 6. The molecule has 2 unspecified atom stereocenters. The van der Waals surface area contributed by atoms with Gasteiger partial charge in [0.05, 0.1) is 5.56 Å². The van der Waals surface area contributed by atoms with Crippen LogP contribution < -0.4 is 16.4 Å². The van der Waals surface area contributed by atoms with E-state index in [0.717, 1.165) is 22.6 Å². The Morgan fingerprint density at radius 3 is 2.18 bits per heavy atom. The van der Waals surface area contributed by atoms with E-state index in [1.165, 1.54) is 23.1 Å². The van der Waals surface area contributed by atoms with E-state index in [1.807, 2.05) is 31.4 Å². The molecule has 4 rings (SSSR count). The third kappa shape index (κ3) is 9.42. The number of para-hydroxylation sites is 1. The second-order valence-electron chi connectivity index (χ2n) is 9.96. The predicted octanol–water partition coefficient (Wildman–Crippen LogP) is 5.78. The number of phenols is 1. The maximum atomic E-state index is 11.7. The van der Waals surface area contributed by atoms with Crippen molar-refractivity contribution in [2.75, 3.05) is 19.4 Å². The fraction of sp³-hybridized carbons (Fsp3) is 0.500. The van der Waals surface area contributed by atoms with E-state index >= 15 is 0 Å². The summed E-state index contributed by atoms with van der Waals surface area (Å²) in [5, 5.41) is 17.0. The Balaban J connectivity index is 0.000000305. The molecule has 9 heteroatoms. The van der Waals surface area contributed by atoms with Crippen molar-refractivity contribution in [3.63, 3.8) is 0 Å². The number of nitrogens with one attached hydrogen (secondary N) is 2. The van der Waals surface area contributed by atoms with Crippen LogP contribution in [0.4, 0.5) is 5.69 Å². The van der Waals surface area contributed by atoms with Crippen molar-refractivity contribution in [1.82, 2.24) is 14.7 Å². The standard InChI is InChI=1S/C11H13N3O2S.C10H13NO2.C7H14.C2H6/c1-7-9(10(15)13-14(2)11(7)16)12-6-8-4-3-5-17-8;1-7-5-4-6-8(9(7)12)10(13)11(2)3;1-5-4-6(2)7(5)3;1-2/h3-5,12H,6H2,1-2H3,(H,13,15);4-6,12H,1-3H3;5-7H,4H2,1-3H3;1-2H3. The number of phenolic OH excluding ortho intramolecular Hbond substituents is 1. The number of amides is 1. The number of thiophene rings is 1. The number of nitrogens with zero attached hydrogens (tertiary/aromatic N) is 2. The number of aromatic hydroxyl groups is 1. The maximum absolute atomic E-state index is 11.7. The van der Waals surface area contributed by atoms with E-state index in [1.54, 1.807) is 57.5 Å². The molecule has 2 heterocycles. The summed E-state index contributed by atoms with van der Waals surface area (Å²) in [6.45, 7) is 15.0. The largest absolute Gasteiger partial charge is 0.507 e. The van der Waals surface area contributed by atoms with Gasteiger partial charge in [-0.15, -0.1) is 11.3 Å². The molecule has 3 N–H and O–H groups in total. The SMILES string of the molecule is CC.CC1CC(C)C1C.Cc1c(NCc2cccs2)c(=O)[nH]n(C)c1=O.Cc1cccc(C(=O)N(C)C)c1O. The zero-order valence-electron chi connectivity index (χ0n) is 25.1.